The number of hydrogen-bond acceptors (Lipinski definition) is 12. The van der Waals surface area contributed by atoms with Crippen LogP contribution in [0.5, 0.6) is 0 Å². The molecule has 0 unspecified atom stereocenters. The molecule has 0 fully saturated rings. The van der Waals surface area contributed by atoms with Crippen LogP contribution in [0.3, 0.4) is 0 Å². The smallest absolute Gasteiger partial charge is 0.162 e. The molecule has 0 amide bonds. The van der Waals surface area contributed by atoms with Crippen molar-refractivity contribution in [2.75, 3.05) is 0 Å². The lowest BCUT2D eigenvalue weighted by molar-refractivity contribution is 0.672. The SMILES string of the molecule is c1ccc(-c2nc(-c3ccccc3)c3cc(-n4c5ccccc5c5c6ccncc6c6oc7ccccc7c6c54)ccc3n2)cc1.c1ccc(-c2nc(-n3c4ccccc4c4c5ccncc5c5oc6ccccc6c5c43)c3ccccc3n2)cc1.c1cnc2c(c1)ccc1ccc(-n3c4ccccc4c4c5ccncc5c5oc6ccccc6c5c43)nc12. The monoisotopic (exact) mass is 1590 g/mol. The van der Waals surface area contributed by atoms with Crippen LogP contribution in [-0.2, 0) is 0 Å². The first-order valence-corrected chi connectivity index (χ1v) is 41.3. The Kier molecular flexibility index (Phi) is 15.1. The lowest BCUT2D eigenvalue weighted by Crippen LogP contribution is -2.03. The average molecular weight is 1590 g/mol. The summed E-state index contributed by atoms with van der Waals surface area (Å²) >= 11 is 0. The number of hydrogen-bond donors (Lipinski definition) is 0. The van der Waals surface area contributed by atoms with Crippen LogP contribution in [0.1, 0.15) is 0 Å². The molecule has 0 spiro atoms. The molecule has 28 aromatic rings. The van der Waals surface area contributed by atoms with Gasteiger partial charge in [-0.15, -0.1) is 0 Å². The Balaban J connectivity index is 0.0000001000. The van der Waals surface area contributed by atoms with E-state index in [4.69, 9.17) is 38.2 Å². The van der Waals surface area contributed by atoms with Gasteiger partial charge >= 0.3 is 0 Å². The summed E-state index contributed by atoms with van der Waals surface area (Å²) in [7, 11) is 0. The molecule has 13 aromatic heterocycles. The molecule has 15 aromatic carbocycles. The molecule has 0 aliphatic heterocycles. The summed E-state index contributed by atoms with van der Waals surface area (Å²) in [6.07, 6.45) is 13.2. The second-order valence-electron chi connectivity index (χ2n) is 31.4. The summed E-state index contributed by atoms with van der Waals surface area (Å²) in [4.78, 5) is 43.9. The fourth-order valence-corrected chi connectivity index (χ4v) is 19.3. The maximum atomic E-state index is 6.59. The first-order valence-electron chi connectivity index (χ1n) is 41.3. The first-order chi connectivity index (χ1) is 61.6. The molecule has 13 heterocycles. The highest BCUT2D eigenvalue weighted by Gasteiger charge is 2.29. The fraction of sp³-hybridized carbons (Fsp3) is 0. The van der Waals surface area contributed by atoms with Crippen molar-refractivity contribution >= 4 is 207 Å². The van der Waals surface area contributed by atoms with Gasteiger partial charge in [0.05, 0.1) is 77.0 Å². The highest BCUT2D eigenvalue weighted by Crippen LogP contribution is 2.51. The highest BCUT2D eigenvalue weighted by atomic mass is 16.3. The van der Waals surface area contributed by atoms with E-state index < -0.39 is 0 Å². The maximum Gasteiger partial charge on any atom is 0.162 e. The molecule has 0 aliphatic carbocycles. The molecule has 124 heavy (non-hydrogen) atoms. The number of fused-ring (bicyclic) bond motifs is 35. The predicted molar refractivity (Wildman–Crippen MR) is 503 cm³/mol. The quantitative estimate of drug-likeness (QED) is 0.145. The molecule has 0 N–H and O–H groups in total. The lowest BCUT2D eigenvalue weighted by Gasteiger charge is -2.13. The van der Waals surface area contributed by atoms with E-state index in [-0.39, 0.29) is 0 Å². The van der Waals surface area contributed by atoms with E-state index >= 15 is 0 Å². The third kappa shape index (κ3) is 10.3. The number of aromatic nitrogens is 12. The molecular weight excluding hydrogens is 1530 g/mol. The van der Waals surface area contributed by atoms with Crippen LogP contribution in [0.4, 0.5) is 0 Å². The van der Waals surface area contributed by atoms with Crippen LogP contribution in [0.2, 0.25) is 0 Å². The van der Waals surface area contributed by atoms with Gasteiger partial charge in [0.15, 0.2) is 11.6 Å². The van der Waals surface area contributed by atoms with Crippen molar-refractivity contribution in [3.63, 3.8) is 0 Å². The van der Waals surface area contributed by atoms with E-state index in [1.165, 1.54) is 21.5 Å². The molecule has 0 atom stereocenters. The van der Waals surface area contributed by atoms with Gasteiger partial charge in [-0.1, -0.05) is 231 Å². The van der Waals surface area contributed by atoms with Gasteiger partial charge in [0, 0.05) is 152 Å². The zero-order valence-electron chi connectivity index (χ0n) is 65.9. The number of benzene rings is 15. The van der Waals surface area contributed by atoms with Gasteiger partial charge in [-0.05, 0) is 119 Å². The van der Waals surface area contributed by atoms with Gasteiger partial charge in [0.25, 0.3) is 0 Å². The van der Waals surface area contributed by atoms with E-state index in [1.807, 2.05) is 134 Å². The first kappa shape index (κ1) is 68.8. The van der Waals surface area contributed by atoms with Crippen molar-refractivity contribution in [2.45, 2.75) is 0 Å². The third-order valence-electron chi connectivity index (χ3n) is 24.6. The summed E-state index contributed by atoms with van der Waals surface area (Å²) in [5.74, 6) is 3.10. The Morgan fingerprint density at radius 3 is 1.19 bits per heavy atom. The summed E-state index contributed by atoms with van der Waals surface area (Å²) in [5.41, 5.74) is 20.2. The van der Waals surface area contributed by atoms with Gasteiger partial charge in [-0.25, -0.2) is 24.9 Å². The Hall–Kier alpha value is -17.2. The second kappa shape index (κ2) is 27.2. The Morgan fingerprint density at radius 2 is 0.653 bits per heavy atom. The normalized spacial score (nSPS) is 12.0. The van der Waals surface area contributed by atoms with Crippen molar-refractivity contribution in [3.8, 4) is 51.4 Å². The summed E-state index contributed by atoms with van der Waals surface area (Å²) in [5, 5.41) is 24.0. The standard InChI is InChI=1S/C41H24N4O.C35H20N4O.C33H18N4O/c1-3-11-25(12-4-1)38-31-23-27(19-20-33(31)43-41(44-38)26-13-5-2-6-14-26)45-34-17-9-7-15-29(34)36-28-21-22-42-24-32(28)40-37(39(36)45)30-16-8-10-18-35(30)46-40;1-2-10-21(11-3-1)34-37-27-15-7-4-12-23(27)35(38-34)39-28-16-8-5-13-24(28)30-22-18-19-36-20-26(22)33-31(32(30)39)25-14-6-9-17-29(25)40-33;1-3-9-25-22(7-1)28-21-15-17-34-18-24(21)33-29(23-8-2-4-10-26(23)38-33)32(28)37(25)27-14-13-20-12-11-19-6-5-16-35-30(19)31(20)36-27/h1-24H;1-20H;1-18H. The zero-order chi connectivity index (χ0) is 81.2. The molecular formula is C109H62N12O3. The molecule has 0 bridgehead atoms. The minimum Gasteiger partial charge on any atom is -0.455 e. The van der Waals surface area contributed by atoms with Crippen molar-refractivity contribution in [2.24, 2.45) is 0 Å². The molecule has 0 saturated carbocycles. The van der Waals surface area contributed by atoms with E-state index in [2.05, 4.69) is 276 Å². The lowest BCUT2D eigenvalue weighted by atomic mass is 10.0. The predicted octanol–water partition coefficient (Wildman–Crippen LogP) is 27.7. The Morgan fingerprint density at radius 1 is 0.242 bits per heavy atom. The van der Waals surface area contributed by atoms with Crippen molar-refractivity contribution in [1.29, 1.82) is 0 Å². The minimum atomic E-state index is 0.693. The van der Waals surface area contributed by atoms with E-state index in [0.29, 0.717) is 11.6 Å². The van der Waals surface area contributed by atoms with Crippen LogP contribution >= 0.6 is 0 Å². The van der Waals surface area contributed by atoms with Gasteiger partial charge < -0.3 is 17.8 Å². The molecule has 0 radical (unpaired) electrons. The van der Waals surface area contributed by atoms with Crippen molar-refractivity contribution < 1.29 is 13.3 Å². The summed E-state index contributed by atoms with van der Waals surface area (Å²) in [6.45, 7) is 0. The number of rotatable bonds is 6. The summed E-state index contributed by atoms with van der Waals surface area (Å²) in [6, 6.07) is 115. The molecule has 0 saturated heterocycles. The van der Waals surface area contributed by atoms with Gasteiger partial charge in [0.1, 0.15) is 45.1 Å². The van der Waals surface area contributed by atoms with Crippen LogP contribution in [0.15, 0.2) is 390 Å². The second-order valence-corrected chi connectivity index (χ2v) is 31.4. The molecule has 15 nitrogen and oxygen atoms in total. The van der Waals surface area contributed by atoms with Crippen LogP contribution < -0.4 is 0 Å². The topological polar surface area (TPSA) is 170 Å². The van der Waals surface area contributed by atoms with Gasteiger partial charge in [-0.3, -0.25) is 29.1 Å². The van der Waals surface area contributed by atoms with Crippen LogP contribution in [-0.4, -0.2) is 58.6 Å². The molecule has 28 rings (SSSR count). The number of furan rings is 3. The highest BCUT2D eigenvalue weighted by molar-refractivity contribution is 6.38. The zero-order valence-corrected chi connectivity index (χ0v) is 65.9. The fourth-order valence-electron chi connectivity index (χ4n) is 19.3. The number of para-hydroxylation sites is 7. The van der Waals surface area contributed by atoms with Crippen LogP contribution in [0.25, 0.3) is 259 Å². The average Bonchev–Trinajstić information content (AvgIpc) is 1.58. The van der Waals surface area contributed by atoms with E-state index in [0.717, 1.165) is 225 Å². The number of pyridine rings is 5. The van der Waals surface area contributed by atoms with E-state index in [1.54, 1.807) is 0 Å². The van der Waals surface area contributed by atoms with Crippen molar-refractivity contribution in [3.05, 3.63) is 377 Å². The largest absolute Gasteiger partial charge is 0.455 e. The van der Waals surface area contributed by atoms with Crippen LogP contribution in [0, 0.1) is 0 Å². The van der Waals surface area contributed by atoms with Crippen molar-refractivity contribution in [1.82, 2.24) is 58.6 Å². The molecule has 576 valence electrons. The molecule has 0 aliphatic rings. The van der Waals surface area contributed by atoms with Gasteiger partial charge in [0.2, 0.25) is 0 Å². The molecule has 15 heteroatoms. The van der Waals surface area contributed by atoms with E-state index in [9.17, 15) is 0 Å². The number of nitrogens with zero attached hydrogens (tertiary/aromatic N) is 12. The van der Waals surface area contributed by atoms with Gasteiger partial charge in [-0.2, -0.15) is 0 Å². The minimum absolute atomic E-state index is 0.693. The third-order valence-corrected chi connectivity index (χ3v) is 24.6. The maximum absolute atomic E-state index is 6.59. The Bertz CT molecular complexity index is 9360. The Labute approximate surface area is 702 Å². The summed E-state index contributed by atoms with van der Waals surface area (Å²) < 4.78 is 26.6.